The minimum absolute atomic E-state index is 0.00906. The van der Waals surface area contributed by atoms with Crippen LogP contribution in [0.3, 0.4) is 0 Å². The van der Waals surface area contributed by atoms with Gasteiger partial charge in [0.1, 0.15) is 0 Å². The predicted molar refractivity (Wildman–Crippen MR) is 123 cm³/mol. The maximum Gasteiger partial charge on any atom is 0.253 e. The number of anilines is 1. The van der Waals surface area contributed by atoms with E-state index in [0.29, 0.717) is 31.7 Å². The Labute approximate surface area is 189 Å². The third-order valence-electron chi connectivity index (χ3n) is 6.30. The van der Waals surface area contributed by atoms with E-state index >= 15 is 0 Å². The normalized spacial score (nSPS) is 18.5. The van der Waals surface area contributed by atoms with Crippen LogP contribution < -0.4 is 9.62 Å². The van der Waals surface area contributed by atoms with Crippen molar-refractivity contribution >= 4 is 27.5 Å². The molecule has 2 aromatic carbocycles. The van der Waals surface area contributed by atoms with E-state index in [1.54, 1.807) is 42.2 Å². The van der Waals surface area contributed by atoms with E-state index in [9.17, 15) is 18.0 Å². The first-order valence-corrected chi connectivity index (χ1v) is 12.5. The highest BCUT2D eigenvalue weighted by atomic mass is 32.2. The van der Waals surface area contributed by atoms with Crippen LogP contribution in [0.15, 0.2) is 47.4 Å². The molecule has 0 aromatic heterocycles. The van der Waals surface area contributed by atoms with E-state index in [1.165, 1.54) is 0 Å². The fourth-order valence-corrected chi connectivity index (χ4v) is 5.61. The molecular formula is C24H29N3O4S. The molecule has 2 aliphatic rings. The molecule has 2 aliphatic heterocycles. The number of hydrogen-bond acceptors (Lipinski definition) is 4. The van der Waals surface area contributed by atoms with Gasteiger partial charge >= 0.3 is 0 Å². The second-order valence-corrected chi connectivity index (χ2v) is 10.5. The van der Waals surface area contributed by atoms with Crippen LogP contribution in [0.1, 0.15) is 41.3 Å². The number of nitrogens with one attached hydrogen (secondary N) is 1. The topological polar surface area (TPSA) is 86.8 Å². The van der Waals surface area contributed by atoms with Gasteiger partial charge in [-0.3, -0.25) is 9.59 Å². The van der Waals surface area contributed by atoms with Gasteiger partial charge in [-0.2, -0.15) is 0 Å². The lowest BCUT2D eigenvalue weighted by Gasteiger charge is -2.33. The number of amides is 2. The minimum atomic E-state index is -3.57. The van der Waals surface area contributed by atoms with Crippen molar-refractivity contribution in [2.75, 3.05) is 31.1 Å². The number of hydrogen-bond donors (Lipinski definition) is 1. The van der Waals surface area contributed by atoms with Crippen LogP contribution >= 0.6 is 0 Å². The lowest BCUT2D eigenvalue weighted by molar-refractivity contribution is -0.116. The largest absolute Gasteiger partial charge is 0.338 e. The molecule has 7 nitrogen and oxygen atoms in total. The average Bonchev–Trinajstić information content (AvgIpc) is 3.21. The summed E-state index contributed by atoms with van der Waals surface area (Å²) in [5.41, 5.74) is 3.53. The number of rotatable bonds is 5. The van der Waals surface area contributed by atoms with E-state index in [4.69, 9.17) is 0 Å². The van der Waals surface area contributed by atoms with Crippen LogP contribution in [-0.2, 0) is 21.2 Å². The molecule has 4 rings (SSSR count). The molecule has 1 saturated heterocycles. The van der Waals surface area contributed by atoms with Gasteiger partial charge in [-0.1, -0.05) is 17.7 Å². The van der Waals surface area contributed by atoms with Crippen molar-refractivity contribution in [1.29, 1.82) is 0 Å². The molecule has 2 heterocycles. The standard InChI is InChI=1S/C24H29N3O4S/c1-17-5-8-22(9-6-17)32(30,31)25-15-19-4-3-12-26(16-19)24(29)21-7-10-23-20(14-21)11-13-27(23)18(2)28/h5-10,14,19,25H,3-4,11-13,15-16H2,1-2H3. The molecule has 1 N–H and O–H groups in total. The first-order chi connectivity index (χ1) is 15.2. The Morgan fingerprint density at radius 2 is 1.84 bits per heavy atom. The number of carbonyl (C=O) groups is 2. The number of carbonyl (C=O) groups excluding carboxylic acids is 2. The first kappa shape index (κ1) is 22.5. The Morgan fingerprint density at radius 3 is 2.56 bits per heavy atom. The number of likely N-dealkylation sites (tertiary alicyclic amines) is 1. The van der Waals surface area contributed by atoms with Crippen molar-refractivity contribution in [1.82, 2.24) is 9.62 Å². The summed E-state index contributed by atoms with van der Waals surface area (Å²) in [6, 6.07) is 12.3. The number of piperidine rings is 1. The quantitative estimate of drug-likeness (QED) is 0.751. The molecule has 1 unspecified atom stereocenters. The number of fused-ring (bicyclic) bond motifs is 1. The highest BCUT2D eigenvalue weighted by molar-refractivity contribution is 7.89. The van der Waals surface area contributed by atoms with Gasteiger partial charge in [0.2, 0.25) is 15.9 Å². The van der Waals surface area contributed by atoms with Gasteiger partial charge in [-0.25, -0.2) is 13.1 Å². The monoisotopic (exact) mass is 455 g/mol. The Hall–Kier alpha value is -2.71. The number of benzene rings is 2. The Bertz CT molecular complexity index is 1130. The third-order valence-corrected chi connectivity index (χ3v) is 7.74. The summed E-state index contributed by atoms with van der Waals surface area (Å²) in [5, 5.41) is 0. The van der Waals surface area contributed by atoms with Crippen molar-refractivity contribution < 1.29 is 18.0 Å². The van der Waals surface area contributed by atoms with E-state index < -0.39 is 10.0 Å². The van der Waals surface area contributed by atoms with E-state index in [-0.39, 0.29) is 22.6 Å². The Kier molecular flexibility index (Phi) is 6.35. The highest BCUT2D eigenvalue weighted by Gasteiger charge is 2.28. The zero-order valence-electron chi connectivity index (χ0n) is 18.5. The van der Waals surface area contributed by atoms with Crippen molar-refractivity contribution in [3.63, 3.8) is 0 Å². The number of aryl methyl sites for hydroxylation is 1. The second kappa shape index (κ2) is 9.03. The number of nitrogens with zero attached hydrogens (tertiary/aromatic N) is 2. The zero-order chi connectivity index (χ0) is 22.9. The summed E-state index contributed by atoms with van der Waals surface area (Å²) in [5.74, 6) is 0.0329. The van der Waals surface area contributed by atoms with Gasteiger partial charge in [-0.05, 0) is 68.0 Å². The van der Waals surface area contributed by atoms with Gasteiger partial charge in [0.25, 0.3) is 5.91 Å². The molecule has 0 radical (unpaired) electrons. The summed E-state index contributed by atoms with van der Waals surface area (Å²) in [4.78, 5) is 28.7. The Balaban J connectivity index is 1.39. The van der Waals surface area contributed by atoms with Gasteiger partial charge in [0.05, 0.1) is 4.90 Å². The second-order valence-electron chi connectivity index (χ2n) is 8.69. The molecule has 0 spiro atoms. The molecule has 2 aromatic rings. The molecule has 8 heteroatoms. The van der Waals surface area contributed by atoms with Gasteiger partial charge in [-0.15, -0.1) is 0 Å². The first-order valence-electron chi connectivity index (χ1n) is 11.0. The van der Waals surface area contributed by atoms with Crippen molar-refractivity contribution in [3.8, 4) is 0 Å². The van der Waals surface area contributed by atoms with Crippen LogP contribution in [0.4, 0.5) is 5.69 Å². The molecule has 1 fully saturated rings. The lowest BCUT2D eigenvalue weighted by Crippen LogP contribution is -2.43. The fourth-order valence-electron chi connectivity index (χ4n) is 4.49. The van der Waals surface area contributed by atoms with Crippen LogP contribution in [0.5, 0.6) is 0 Å². The van der Waals surface area contributed by atoms with Crippen molar-refractivity contribution in [2.24, 2.45) is 5.92 Å². The molecule has 0 bridgehead atoms. The van der Waals surface area contributed by atoms with Gasteiger partial charge in [0.15, 0.2) is 0 Å². The number of sulfonamides is 1. The van der Waals surface area contributed by atoms with Crippen molar-refractivity contribution in [3.05, 3.63) is 59.2 Å². The maximum absolute atomic E-state index is 13.1. The summed E-state index contributed by atoms with van der Waals surface area (Å²) in [6.45, 7) is 5.60. The average molecular weight is 456 g/mol. The molecule has 1 atom stereocenters. The molecule has 32 heavy (non-hydrogen) atoms. The molecule has 0 aliphatic carbocycles. The highest BCUT2D eigenvalue weighted by Crippen LogP contribution is 2.30. The van der Waals surface area contributed by atoms with E-state index in [2.05, 4.69) is 4.72 Å². The SMILES string of the molecule is CC(=O)N1CCc2cc(C(=O)N3CCCC(CNS(=O)(=O)c4ccc(C)cc4)C3)ccc21. The fraction of sp³-hybridized carbons (Fsp3) is 0.417. The Morgan fingerprint density at radius 1 is 1.09 bits per heavy atom. The van der Waals surface area contributed by atoms with E-state index in [1.807, 2.05) is 24.0 Å². The minimum Gasteiger partial charge on any atom is -0.338 e. The third kappa shape index (κ3) is 4.71. The van der Waals surface area contributed by atoms with Gasteiger partial charge < -0.3 is 9.80 Å². The van der Waals surface area contributed by atoms with Crippen LogP contribution in [-0.4, -0.2) is 51.3 Å². The lowest BCUT2D eigenvalue weighted by atomic mass is 9.97. The smallest absolute Gasteiger partial charge is 0.253 e. The summed E-state index contributed by atoms with van der Waals surface area (Å²) < 4.78 is 27.9. The molecule has 170 valence electrons. The van der Waals surface area contributed by atoms with Crippen molar-refractivity contribution in [2.45, 2.75) is 38.0 Å². The molecule has 2 amide bonds. The van der Waals surface area contributed by atoms with Gasteiger partial charge in [0, 0.05) is 44.4 Å². The summed E-state index contributed by atoms with van der Waals surface area (Å²) in [6.07, 6.45) is 2.46. The van der Waals surface area contributed by atoms with Crippen LogP contribution in [0.2, 0.25) is 0 Å². The molecular weight excluding hydrogens is 426 g/mol. The van der Waals surface area contributed by atoms with E-state index in [0.717, 1.165) is 36.1 Å². The van der Waals surface area contributed by atoms with Crippen LogP contribution in [0, 0.1) is 12.8 Å². The summed E-state index contributed by atoms with van der Waals surface area (Å²) >= 11 is 0. The molecule has 0 saturated carbocycles. The maximum atomic E-state index is 13.1. The predicted octanol–water partition coefficient (Wildman–Crippen LogP) is 2.73. The zero-order valence-corrected chi connectivity index (χ0v) is 19.3. The summed E-state index contributed by atoms with van der Waals surface area (Å²) in [7, 11) is -3.57. The van der Waals surface area contributed by atoms with Crippen LogP contribution in [0.25, 0.3) is 0 Å².